The Kier molecular flexibility index (Phi) is 8.12. The zero-order chi connectivity index (χ0) is 24.5. The molecular weight excluding hydrogens is 434 g/mol. The number of benzene rings is 3. The van der Waals surface area contributed by atoms with Crippen molar-refractivity contribution in [1.29, 1.82) is 0 Å². The number of para-hydroxylation sites is 2. The average Bonchev–Trinajstić information content (AvgIpc) is 2.87. The molecule has 0 spiro atoms. The van der Waals surface area contributed by atoms with Gasteiger partial charge >= 0.3 is 0 Å². The molecule has 0 radical (unpaired) electrons. The number of ether oxygens (including phenoxy) is 3. The molecule has 0 aliphatic carbocycles. The van der Waals surface area contributed by atoms with Gasteiger partial charge in [-0.15, -0.1) is 0 Å². The van der Waals surface area contributed by atoms with Gasteiger partial charge in [0.15, 0.2) is 11.5 Å². The second-order valence-electron chi connectivity index (χ2n) is 7.25. The lowest BCUT2D eigenvalue weighted by Crippen LogP contribution is -2.20. The van der Waals surface area contributed by atoms with E-state index in [0.717, 1.165) is 11.1 Å². The fraction of sp³-hybridized carbons (Fsp3) is 0.154. The number of nitrogens with two attached hydrogens (primary N) is 1. The van der Waals surface area contributed by atoms with Crippen molar-refractivity contribution in [1.82, 2.24) is 5.32 Å². The molecule has 0 saturated heterocycles. The molecule has 3 aromatic carbocycles. The van der Waals surface area contributed by atoms with Crippen molar-refractivity contribution in [2.75, 3.05) is 32.4 Å². The third-order valence-corrected chi connectivity index (χ3v) is 5.00. The summed E-state index contributed by atoms with van der Waals surface area (Å²) in [5.74, 6) is 0.984. The Labute approximate surface area is 198 Å². The highest BCUT2D eigenvalue weighted by molar-refractivity contribution is 6.05. The Morgan fingerprint density at radius 3 is 2.15 bits per heavy atom. The molecule has 0 aliphatic heterocycles. The lowest BCUT2D eigenvalue weighted by Gasteiger charge is -2.14. The number of hydrogen-bond donors (Lipinski definition) is 3. The molecule has 8 nitrogen and oxygen atoms in total. The first-order valence-electron chi connectivity index (χ1n) is 10.5. The van der Waals surface area contributed by atoms with Gasteiger partial charge in [-0.1, -0.05) is 24.3 Å². The summed E-state index contributed by atoms with van der Waals surface area (Å²) in [6.07, 6.45) is 3.10. The van der Waals surface area contributed by atoms with Crippen LogP contribution in [0.3, 0.4) is 0 Å². The predicted octanol–water partition coefficient (Wildman–Crippen LogP) is 3.88. The molecule has 4 N–H and O–H groups in total. The minimum atomic E-state index is -0.268. The summed E-state index contributed by atoms with van der Waals surface area (Å²) < 4.78 is 16.0. The fourth-order valence-electron chi connectivity index (χ4n) is 3.21. The van der Waals surface area contributed by atoms with E-state index in [9.17, 15) is 9.59 Å². The van der Waals surface area contributed by atoms with Crippen LogP contribution in [0.15, 0.2) is 66.7 Å². The van der Waals surface area contributed by atoms with Crippen LogP contribution in [-0.4, -0.2) is 33.1 Å². The molecule has 0 atom stereocenters. The lowest BCUT2D eigenvalue weighted by molar-refractivity contribution is -0.116. The predicted molar refractivity (Wildman–Crippen MR) is 132 cm³/mol. The first kappa shape index (κ1) is 24.2. The van der Waals surface area contributed by atoms with Crippen LogP contribution in [0, 0.1) is 0 Å². The third kappa shape index (κ3) is 6.07. The van der Waals surface area contributed by atoms with E-state index in [2.05, 4.69) is 10.6 Å². The van der Waals surface area contributed by atoms with E-state index in [1.165, 1.54) is 27.4 Å². The van der Waals surface area contributed by atoms with Gasteiger partial charge in [0.1, 0.15) is 0 Å². The molecule has 0 bridgehead atoms. The number of carbonyl (C=O) groups excluding carboxylic acids is 2. The monoisotopic (exact) mass is 461 g/mol. The van der Waals surface area contributed by atoms with Gasteiger partial charge < -0.3 is 30.6 Å². The Hall–Kier alpha value is -4.46. The van der Waals surface area contributed by atoms with Gasteiger partial charge in [0, 0.05) is 18.2 Å². The van der Waals surface area contributed by atoms with E-state index in [-0.39, 0.29) is 18.4 Å². The van der Waals surface area contributed by atoms with E-state index in [1.54, 1.807) is 66.7 Å². The number of amides is 2. The van der Waals surface area contributed by atoms with Gasteiger partial charge in [-0.05, 0) is 53.6 Å². The van der Waals surface area contributed by atoms with Crippen molar-refractivity contribution in [3.63, 3.8) is 0 Å². The number of carbonyl (C=O) groups is 2. The van der Waals surface area contributed by atoms with Gasteiger partial charge in [0.2, 0.25) is 11.7 Å². The summed E-state index contributed by atoms with van der Waals surface area (Å²) >= 11 is 0. The van der Waals surface area contributed by atoms with Crippen molar-refractivity contribution in [3.05, 3.63) is 83.4 Å². The molecule has 0 aliphatic rings. The number of hydrogen-bond acceptors (Lipinski definition) is 6. The molecule has 0 heterocycles. The summed E-state index contributed by atoms with van der Waals surface area (Å²) in [6, 6.07) is 17.5. The number of nitrogen functional groups attached to an aromatic ring is 1. The van der Waals surface area contributed by atoms with Crippen LogP contribution < -0.4 is 30.6 Å². The van der Waals surface area contributed by atoms with Crippen molar-refractivity contribution < 1.29 is 23.8 Å². The Balaban J connectivity index is 1.58. The van der Waals surface area contributed by atoms with Gasteiger partial charge in [-0.3, -0.25) is 9.59 Å². The molecule has 176 valence electrons. The van der Waals surface area contributed by atoms with E-state index in [0.29, 0.717) is 34.2 Å². The van der Waals surface area contributed by atoms with Crippen LogP contribution in [0.1, 0.15) is 21.5 Å². The fourth-order valence-corrected chi connectivity index (χ4v) is 3.21. The molecule has 8 heteroatoms. The molecule has 0 aromatic heterocycles. The van der Waals surface area contributed by atoms with Crippen molar-refractivity contribution in [2.24, 2.45) is 0 Å². The lowest BCUT2D eigenvalue weighted by atomic mass is 10.1. The van der Waals surface area contributed by atoms with Crippen molar-refractivity contribution in [3.8, 4) is 17.2 Å². The van der Waals surface area contributed by atoms with E-state index < -0.39 is 0 Å². The number of nitrogens with one attached hydrogen (secondary N) is 2. The highest BCUT2D eigenvalue weighted by Crippen LogP contribution is 2.38. The largest absolute Gasteiger partial charge is 0.493 e. The molecule has 3 aromatic rings. The van der Waals surface area contributed by atoms with Gasteiger partial charge in [-0.2, -0.15) is 0 Å². The van der Waals surface area contributed by atoms with Crippen molar-refractivity contribution in [2.45, 2.75) is 6.54 Å². The first-order valence-corrected chi connectivity index (χ1v) is 10.5. The Morgan fingerprint density at radius 1 is 0.912 bits per heavy atom. The minimum absolute atomic E-state index is 0.267. The third-order valence-electron chi connectivity index (χ3n) is 5.00. The quantitative estimate of drug-likeness (QED) is 0.329. The second-order valence-corrected chi connectivity index (χ2v) is 7.25. The zero-order valence-corrected chi connectivity index (χ0v) is 19.3. The normalized spacial score (nSPS) is 10.6. The Morgan fingerprint density at radius 2 is 1.56 bits per heavy atom. The van der Waals surface area contributed by atoms with E-state index in [4.69, 9.17) is 19.9 Å². The summed E-state index contributed by atoms with van der Waals surface area (Å²) in [5, 5.41) is 5.60. The van der Waals surface area contributed by atoms with E-state index >= 15 is 0 Å². The maximum absolute atomic E-state index is 12.4. The average molecular weight is 462 g/mol. The molecule has 0 fully saturated rings. The second kappa shape index (κ2) is 11.4. The molecule has 3 rings (SSSR count). The topological polar surface area (TPSA) is 112 Å². The van der Waals surface area contributed by atoms with Gasteiger partial charge in [-0.25, -0.2) is 0 Å². The summed E-state index contributed by atoms with van der Waals surface area (Å²) in [5.41, 5.74) is 8.96. The molecule has 0 unspecified atom stereocenters. The molecule has 34 heavy (non-hydrogen) atoms. The number of anilines is 2. The molecular formula is C26H27N3O5. The highest BCUT2D eigenvalue weighted by Gasteiger charge is 2.13. The van der Waals surface area contributed by atoms with Crippen LogP contribution in [0.4, 0.5) is 11.4 Å². The van der Waals surface area contributed by atoms with Crippen LogP contribution in [0.25, 0.3) is 6.08 Å². The minimum Gasteiger partial charge on any atom is -0.493 e. The van der Waals surface area contributed by atoms with E-state index in [1.807, 2.05) is 0 Å². The smallest absolute Gasteiger partial charge is 0.255 e. The standard InChI is InChI=1S/C26H27N3O5/c1-32-22-14-18(15-23(33-2)25(22)34-3)16-28-24(30)13-10-17-8-11-19(12-9-17)26(31)29-21-7-5-4-6-20(21)27/h4-15H,16,27H2,1-3H3,(H,28,30)(H,29,31)/b13-10+. The molecule has 2 amide bonds. The van der Waals surface area contributed by atoms with Crippen LogP contribution in [0.5, 0.6) is 17.2 Å². The zero-order valence-electron chi connectivity index (χ0n) is 19.3. The summed E-state index contributed by atoms with van der Waals surface area (Å²) in [7, 11) is 4.60. The highest BCUT2D eigenvalue weighted by atomic mass is 16.5. The first-order chi connectivity index (χ1) is 16.4. The number of methoxy groups -OCH3 is 3. The Bertz CT molecular complexity index is 1160. The van der Waals surface area contributed by atoms with Crippen molar-refractivity contribution >= 4 is 29.3 Å². The summed E-state index contributed by atoms with van der Waals surface area (Å²) in [4.78, 5) is 24.7. The number of rotatable bonds is 9. The van der Waals surface area contributed by atoms with Crippen LogP contribution >= 0.6 is 0 Å². The maximum atomic E-state index is 12.4. The SMILES string of the molecule is COc1cc(CNC(=O)/C=C/c2ccc(C(=O)Nc3ccccc3N)cc2)cc(OC)c1OC. The van der Waals surface area contributed by atoms with Gasteiger partial charge in [0.25, 0.3) is 5.91 Å². The van der Waals surface area contributed by atoms with Crippen LogP contribution in [0.2, 0.25) is 0 Å². The van der Waals surface area contributed by atoms with Gasteiger partial charge in [0.05, 0.1) is 32.7 Å². The van der Waals surface area contributed by atoms with Crippen LogP contribution in [-0.2, 0) is 11.3 Å². The molecule has 0 saturated carbocycles. The summed E-state index contributed by atoms with van der Waals surface area (Å²) in [6.45, 7) is 0.279. The maximum Gasteiger partial charge on any atom is 0.255 e.